The van der Waals surface area contributed by atoms with E-state index in [1.54, 1.807) is 0 Å². The SMILES string of the molecule is CCN1CCC(NC(=O)CCCCCNC(=N)N)CC1. The molecule has 1 heterocycles. The number of amides is 1. The Hall–Kier alpha value is -1.30. The number of piperidine rings is 1. The van der Waals surface area contributed by atoms with E-state index in [9.17, 15) is 4.79 Å². The highest BCUT2D eigenvalue weighted by Crippen LogP contribution is 2.10. The van der Waals surface area contributed by atoms with Gasteiger partial charge in [0.1, 0.15) is 0 Å². The van der Waals surface area contributed by atoms with Crippen molar-refractivity contribution in [2.75, 3.05) is 26.2 Å². The molecule has 116 valence electrons. The maximum absolute atomic E-state index is 11.8. The second kappa shape index (κ2) is 9.58. The van der Waals surface area contributed by atoms with Gasteiger partial charge in [0, 0.05) is 32.1 Å². The Morgan fingerprint density at radius 2 is 2.00 bits per heavy atom. The fourth-order valence-corrected chi connectivity index (χ4v) is 2.50. The van der Waals surface area contributed by atoms with E-state index >= 15 is 0 Å². The Morgan fingerprint density at radius 1 is 1.30 bits per heavy atom. The van der Waals surface area contributed by atoms with Crippen LogP contribution in [0.2, 0.25) is 0 Å². The van der Waals surface area contributed by atoms with E-state index in [1.807, 2.05) is 0 Å². The second-order valence-corrected chi connectivity index (χ2v) is 5.43. The van der Waals surface area contributed by atoms with E-state index < -0.39 is 0 Å². The summed E-state index contributed by atoms with van der Waals surface area (Å²) in [5.74, 6) is 0.195. The van der Waals surface area contributed by atoms with Crippen molar-refractivity contribution < 1.29 is 4.79 Å². The lowest BCUT2D eigenvalue weighted by Crippen LogP contribution is -2.44. The van der Waals surface area contributed by atoms with Gasteiger partial charge in [-0.05, 0) is 32.2 Å². The van der Waals surface area contributed by atoms with Crippen molar-refractivity contribution in [1.29, 1.82) is 5.41 Å². The van der Waals surface area contributed by atoms with Crippen LogP contribution in [0.1, 0.15) is 45.4 Å². The summed E-state index contributed by atoms with van der Waals surface area (Å²) in [5.41, 5.74) is 5.18. The van der Waals surface area contributed by atoms with Gasteiger partial charge in [-0.15, -0.1) is 0 Å². The van der Waals surface area contributed by atoms with Crippen LogP contribution in [-0.4, -0.2) is 49.0 Å². The minimum atomic E-state index is 0.0150. The number of rotatable bonds is 8. The molecular formula is C14H29N5O. The van der Waals surface area contributed by atoms with Crippen LogP contribution in [-0.2, 0) is 4.79 Å². The third kappa shape index (κ3) is 7.33. The van der Waals surface area contributed by atoms with Gasteiger partial charge in [-0.2, -0.15) is 0 Å². The molecule has 0 aromatic rings. The molecule has 0 aliphatic carbocycles. The largest absolute Gasteiger partial charge is 0.370 e. The highest BCUT2D eigenvalue weighted by atomic mass is 16.1. The topological polar surface area (TPSA) is 94.2 Å². The Balaban J connectivity index is 1.99. The first-order chi connectivity index (χ1) is 9.61. The standard InChI is InChI=1S/C14H29N5O/c1-2-19-10-7-12(8-11-19)18-13(20)6-4-3-5-9-17-14(15)16/h12H,2-11H2,1H3,(H,18,20)(H4,15,16,17). The van der Waals surface area contributed by atoms with Gasteiger partial charge in [-0.25, -0.2) is 0 Å². The lowest BCUT2D eigenvalue weighted by molar-refractivity contribution is -0.122. The summed E-state index contributed by atoms with van der Waals surface area (Å²) in [5, 5.41) is 12.9. The Kier molecular flexibility index (Phi) is 8.02. The molecule has 1 rings (SSSR count). The van der Waals surface area contributed by atoms with Crippen molar-refractivity contribution in [2.45, 2.75) is 51.5 Å². The van der Waals surface area contributed by atoms with Gasteiger partial charge in [0.25, 0.3) is 0 Å². The highest BCUT2D eigenvalue weighted by molar-refractivity contribution is 5.76. The summed E-state index contributed by atoms with van der Waals surface area (Å²) in [6, 6.07) is 0.365. The zero-order chi connectivity index (χ0) is 14.8. The summed E-state index contributed by atoms with van der Waals surface area (Å²) in [4.78, 5) is 14.2. The molecule has 1 fully saturated rings. The summed E-state index contributed by atoms with van der Waals surface area (Å²) in [6.45, 7) is 6.19. The number of nitrogens with two attached hydrogens (primary N) is 1. The minimum absolute atomic E-state index is 0.0150. The van der Waals surface area contributed by atoms with E-state index in [-0.39, 0.29) is 11.9 Å². The number of nitrogens with zero attached hydrogens (tertiary/aromatic N) is 1. The predicted molar refractivity (Wildman–Crippen MR) is 81.7 cm³/mol. The number of carbonyl (C=O) groups is 1. The quantitative estimate of drug-likeness (QED) is 0.298. The molecule has 6 nitrogen and oxygen atoms in total. The summed E-state index contributed by atoms with van der Waals surface area (Å²) in [6.07, 6.45) is 5.58. The number of guanidine groups is 1. The molecule has 0 unspecified atom stereocenters. The maximum atomic E-state index is 11.8. The van der Waals surface area contributed by atoms with E-state index in [4.69, 9.17) is 11.1 Å². The third-order valence-electron chi connectivity index (χ3n) is 3.80. The maximum Gasteiger partial charge on any atom is 0.220 e. The Bertz CT molecular complexity index is 300. The molecule has 6 heteroatoms. The monoisotopic (exact) mass is 283 g/mol. The Labute approximate surface area is 122 Å². The summed E-state index contributed by atoms with van der Waals surface area (Å²) < 4.78 is 0. The van der Waals surface area contributed by atoms with Crippen LogP contribution >= 0.6 is 0 Å². The van der Waals surface area contributed by atoms with Crippen LogP contribution < -0.4 is 16.4 Å². The molecule has 20 heavy (non-hydrogen) atoms. The molecule has 0 aromatic carbocycles. The number of hydrogen-bond acceptors (Lipinski definition) is 3. The number of carbonyl (C=O) groups excluding carboxylic acids is 1. The zero-order valence-electron chi connectivity index (χ0n) is 12.6. The molecule has 0 spiro atoms. The van der Waals surface area contributed by atoms with Crippen LogP contribution in [0.15, 0.2) is 0 Å². The fraction of sp³-hybridized carbons (Fsp3) is 0.857. The lowest BCUT2D eigenvalue weighted by Gasteiger charge is -2.31. The van der Waals surface area contributed by atoms with Crippen LogP contribution in [0, 0.1) is 5.41 Å². The molecule has 1 aliphatic heterocycles. The van der Waals surface area contributed by atoms with Gasteiger partial charge in [-0.3, -0.25) is 10.2 Å². The van der Waals surface area contributed by atoms with Gasteiger partial charge < -0.3 is 21.3 Å². The zero-order valence-corrected chi connectivity index (χ0v) is 12.6. The van der Waals surface area contributed by atoms with Crippen LogP contribution in [0.5, 0.6) is 0 Å². The van der Waals surface area contributed by atoms with Crippen molar-refractivity contribution in [3.8, 4) is 0 Å². The number of unbranched alkanes of at least 4 members (excludes halogenated alkanes) is 2. The van der Waals surface area contributed by atoms with Crippen molar-refractivity contribution >= 4 is 11.9 Å². The number of likely N-dealkylation sites (tertiary alicyclic amines) is 1. The average molecular weight is 283 g/mol. The molecule has 0 saturated carbocycles. The van der Waals surface area contributed by atoms with Gasteiger partial charge in [-0.1, -0.05) is 13.3 Å². The third-order valence-corrected chi connectivity index (χ3v) is 3.80. The molecule has 1 saturated heterocycles. The minimum Gasteiger partial charge on any atom is -0.370 e. The molecule has 0 bridgehead atoms. The molecular weight excluding hydrogens is 254 g/mol. The van der Waals surface area contributed by atoms with Crippen LogP contribution in [0.4, 0.5) is 0 Å². The van der Waals surface area contributed by atoms with Gasteiger partial charge in [0.2, 0.25) is 5.91 Å². The highest BCUT2D eigenvalue weighted by Gasteiger charge is 2.19. The van der Waals surface area contributed by atoms with Crippen molar-refractivity contribution in [3.05, 3.63) is 0 Å². The smallest absolute Gasteiger partial charge is 0.220 e. The van der Waals surface area contributed by atoms with Crippen molar-refractivity contribution in [1.82, 2.24) is 15.5 Å². The van der Waals surface area contributed by atoms with Crippen molar-refractivity contribution in [2.24, 2.45) is 5.73 Å². The molecule has 0 atom stereocenters. The van der Waals surface area contributed by atoms with Crippen molar-refractivity contribution in [3.63, 3.8) is 0 Å². The molecule has 0 radical (unpaired) electrons. The summed E-state index contributed by atoms with van der Waals surface area (Å²) in [7, 11) is 0. The Morgan fingerprint density at radius 3 is 2.60 bits per heavy atom. The first-order valence-electron chi connectivity index (χ1n) is 7.71. The van der Waals surface area contributed by atoms with E-state index in [1.165, 1.54) is 0 Å². The van der Waals surface area contributed by atoms with E-state index in [2.05, 4.69) is 22.5 Å². The normalized spacial score (nSPS) is 16.9. The molecule has 5 N–H and O–H groups in total. The first kappa shape index (κ1) is 16.8. The van der Waals surface area contributed by atoms with E-state index in [0.29, 0.717) is 19.0 Å². The van der Waals surface area contributed by atoms with Crippen LogP contribution in [0.3, 0.4) is 0 Å². The first-order valence-corrected chi connectivity index (χ1v) is 7.71. The molecule has 1 amide bonds. The van der Waals surface area contributed by atoms with Gasteiger partial charge in [0.15, 0.2) is 5.96 Å². The molecule has 0 aromatic heterocycles. The second-order valence-electron chi connectivity index (χ2n) is 5.43. The van der Waals surface area contributed by atoms with Gasteiger partial charge >= 0.3 is 0 Å². The van der Waals surface area contributed by atoms with Gasteiger partial charge in [0.05, 0.1) is 0 Å². The molecule has 1 aliphatic rings. The van der Waals surface area contributed by atoms with Crippen LogP contribution in [0.25, 0.3) is 0 Å². The number of hydrogen-bond donors (Lipinski definition) is 4. The number of nitrogens with one attached hydrogen (secondary N) is 3. The van der Waals surface area contributed by atoms with E-state index in [0.717, 1.165) is 51.7 Å². The predicted octanol–water partition coefficient (Wildman–Crippen LogP) is 0.630. The average Bonchev–Trinajstić information content (AvgIpc) is 2.43. The lowest BCUT2D eigenvalue weighted by atomic mass is 10.0. The summed E-state index contributed by atoms with van der Waals surface area (Å²) >= 11 is 0. The fourth-order valence-electron chi connectivity index (χ4n) is 2.50.